The number of nitrogens with zero attached hydrogens (tertiary/aromatic N) is 3. The van der Waals surface area contributed by atoms with Crippen LogP contribution in [-0.2, 0) is 4.74 Å². The molecule has 1 aromatic carbocycles. The van der Waals surface area contributed by atoms with Crippen LogP contribution in [0.1, 0.15) is 43.0 Å². The molecule has 3 rings (SSSR count). The zero-order valence-electron chi connectivity index (χ0n) is 14.6. The van der Waals surface area contributed by atoms with Crippen LogP contribution in [0.2, 0.25) is 0 Å². The van der Waals surface area contributed by atoms with Crippen LogP contribution in [0.4, 0.5) is 11.4 Å². The molecule has 0 saturated carbocycles. The van der Waals surface area contributed by atoms with Crippen molar-refractivity contribution in [3.8, 4) is 0 Å². The van der Waals surface area contributed by atoms with Crippen molar-refractivity contribution in [1.29, 1.82) is 0 Å². The Morgan fingerprint density at radius 2 is 2.04 bits per heavy atom. The summed E-state index contributed by atoms with van der Waals surface area (Å²) in [6.45, 7) is 5.45. The third kappa shape index (κ3) is 3.92. The molecule has 0 radical (unpaired) electrons. The highest BCUT2D eigenvalue weighted by molar-refractivity contribution is 5.96. The summed E-state index contributed by atoms with van der Waals surface area (Å²) < 4.78 is 5.64. The summed E-state index contributed by atoms with van der Waals surface area (Å²) >= 11 is 0. The minimum Gasteiger partial charge on any atom is -0.377 e. The number of nitro groups is 1. The van der Waals surface area contributed by atoms with Gasteiger partial charge < -0.3 is 14.5 Å². The predicted molar refractivity (Wildman–Crippen MR) is 95.1 cm³/mol. The highest BCUT2D eigenvalue weighted by Gasteiger charge is 2.28. The first-order valence-corrected chi connectivity index (χ1v) is 9.04. The molecule has 0 bridgehead atoms. The number of anilines is 1. The van der Waals surface area contributed by atoms with Crippen LogP contribution < -0.4 is 4.90 Å². The number of hydrogen-bond acceptors (Lipinski definition) is 5. The summed E-state index contributed by atoms with van der Waals surface area (Å²) in [6.07, 6.45) is 3.99. The highest BCUT2D eigenvalue weighted by Crippen LogP contribution is 2.32. The van der Waals surface area contributed by atoms with Gasteiger partial charge in [-0.2, -0.15) is 0 Å². The lowest BCUT2D eigenvalue weighted by molar-refractivity contribution is -0.384. The topological polar surface area (TPSA) is 75.9 Å². The van der Waals surface area contributed by atoms with E-state index in [2.05, 4.69) is 0 Å². The van der Waals surface area contributed by atoms with E-state index in [0.29, 0.717) is 30.9 Å². The van der Waals surface area contributed by atoms with Gasteiger partial charge in [-0.1, -0.05) is 0 Å². The lowest BCUT2D eigenvalue weighted by Crippen LogP contribution is -2.43. The van der Waals surface area contributed by atoms with Crippen molar-refractivity contribution in [2.45, 2.75) is 38.7 Å². The van der Waals surface area contributed by atoms with Gasteiger partial charge in [0.15, 0.2) is 0 Å². The molecule has 25 heavy (non-hydrogen) atoms. The molecule has 1 amide bonds. The summed E-state index contributed by atoms with van der Waals surface area (Å²) in [5, 5.41) is 11.5. The van der Waals surface area contributed by atoms with Crippen LogP contribution in [0.25, 0.3) is 0 Å². The second-order valence-electron chi connectivity index (χ2n) is 6.63. The van der Waals surface area contributed by atoms with E-state index in [9.17, 15) is 14.9 Å². The molecule has 2 heterocycles. The Kier molecular flexibility index (Phi) is 5.53. The van der Waals surface area contributed by atoms with E-state index in [0.717, 1.165) is 38.8 Å². The fourth-order valence-electron chi connectivity index (χ4n) is 3.71. The quantitative estimate of drug-likeness (QED) is 0.605. The molecule has 7 heteroatoms. The highest BCUT2D eigenvalue weighted by atomic mass is 16.6. The van der Waals surface area contributed by atoms with Gasteiger partial charge in [0.05, 0.1) is 11.0 Å². The van der Waals surface area contributed by atoms with Gasteiger partial charge in [-0.05, 0) is 44.7 Å². The molecule has 2 aliphatic heterocycles. The maximum absolute atomic E-state index is 12.8. The molecule has 2 saturated heterocycles. The van der Waals surface area contributed by atoms with Crippen LogP contribution in [0.3, 0.4) is 0 Å². The molecule has 136 valence electrons. The molecule has 0 spiro atoms. The molecule has 0 N–H and O–H groups in total. The Morgan fingerprint density at radius 1 is 1.28 bits per heavy atom. The second-order valence-corrected chi connectivity index (χ2v) is 6.63. The van der Waals surface area contributed by atoms with Crippen LogP contribution in [0.15, 0.2) is 18.2 Å². The SMILES string of the molecule is CCO[C@H]1CCCN(C(=O)c2ccc(N3CCCC3)c([N+](=O)[O-])c2)C1. The van der Waals surface area contributed by atoms with Gasteiger partial charge >= 0.3 is 0 Å². The number of carbonyl (C=O) groups excluding carboxylic acids is 1. The van der Waals surface area contributed by atoms with Crippen LogP contribution in [0, 0.1) is 10.1 Å². The number of benzene rings is 1. The van der Waals surface area contributed by atoms with Crippen molar-refractivity contribution in [3.63, 3.8) is 0 Å². The summed E-state index contributed by atoms with van der Waals surface area (Å²) in [5.74, 6) is -0.152. The molecule has 0 unspecified atom stereocenters. The van der Waals surface area contributed by atoms with Gasteiger partial charge in [0.1, 0.15) is 5.69 Å². The Balaban J connectivity index is 1.80. The number of piperidine rings is 1. The lowest BCUT2D eigenvalue weighted by Gasteiger charge is -2.32. The summed E-state index contributed by atoms with van der Waals surface area (Å²) in [7, 11) is 0. The molecule has 1 atom stereocenters. The Hall–Kier alpha value is -2.15. The standard InChI is InChI=1S/C18H25N3O4/c1-2-25-15-6-5-11-20(13-15)18(22)14-7-8-16(17(12-14)21(23)24)19-9-3-4-10-19/h7-8,12,15H,2-6,9-11,13H2,1H3/t15-/m0/s1. The van der Waals surface area contributed by atoms with E-state index in [1.165, 1.54) is 6.07 Å². The van der Waals surface area contributed by atoms with E-state index in [-0.39, 0.29) is 22.6 Å². The summed E-state index contributed by atoms with van der Waals surface area (Å²) in [4.78, 5) is 27.7. The minimum atomic E-state index is -0.385. The molecule has 2 aliphatic rings. The van der Waals surface area contributed by atoms with Crippen molar-refractivity contribution < 1.29 is 14.5 Å². The van der Waals surface area contributed by atoms with Crippen LogP contribution in [0.5, 0.6) is 0 Å². The maximum atomic E-state index is 12.8. The van der Waals surface area contributed by atoms with Crippen LogP contribution in [-0.4, -0.2) is 54.6 Å². The molecular weight excluding hydrogens is 322 g/mol. The first-order valence-electron chi connectivity index (χ1n) is 9.04. The monoisotopic (exact) mass is 347 g/mol. The van der Waals surface area contributed by atoms with Gasteiger partial charge in [0, 0.05) is 44.4 Å². The lowest BCUT2D eigenvalue weighted by atomic mass is 10.1. The van der Waals surface area contributed by atoms with E-state index in [1.54, 1.807) is 17.0 Å². The number of ether oxygens (including phenoxy) is 1. The maximum Gasteiger partial charge on any atom is 0.293 e. The van der Waals surface area contributed by atoms with Gasteiger partial charge in [-0.15, -0.1) is 0 Å². The average Bonchev–Trinajstić information content (AvgIpc) is 3.15. The van der Waals surface area contributed by atoms with E-state index in [1.807, 2.05) is 11.8 Å². The molecule has 7 nitrogen and oxygen atoms in total. The van der Waals surface area contributed by atoms with Gasteiger partial charge in [0.2, 0.25) is 0 Å². The first kappa shape index (κ1) is 17.7. The zero-order valence-corrected chi connectivity index (χ0v) is 14.6. The third-order valence-electron chi connectivity index (χ3n) is 4.93. The molecule has 0 aliphatic carbocycles. The van der Waals surface area contributed by atoms with Crippen LogP contribution >= 0.6 is 0 Å². The number of amides is 1. The minimum absolute atomic E-state index is 0.0196. The number of nitro benzene ring substituents is 1. The fourth-order valence-corrected chi connectivity index (χ4v) is 3.71. The number of likely N-dealkylation sites (tertiary alicyclic amines) is 1. The average molecular weight is 347 g/mol. The third-order valence-corrected chi connectivity index (χ3v) is 4.93. The molecular formula is C18H25N3O4. The van der Waals surface area contributed by atoms with Crippen molar-refractivity contribution >= 4 is 17.3 Å². The second kappa shape index (κ2) is 7.82. The smallest absolute Gasteiger partial charge is 0.293 e. The van der Waals surface area contributed by atoms with Gasteiger partial charge in [-0.25, -0.2) is 0 Å². The Labute approximate surface area is 147 Å². The molecule has 2 fully saturated rings. The largest absolute Gasteiger partial charge is 0.377 e. The molecule has 0 aromatic heterocycles. The van der Waals surface area contributed by atoms with Crippen molar-refractivity contribution in [2.75, 3.05) is 37.7 Å². The summed E-state index contributed by atoms with van der Waals surface area (Å²) in [5.41, 5.74) is 1.02. The Morgan fingerprint density at radius 3 is 2.72 bits per heavy atom. The van der Waals surface area contributed by atoms with E-state index in [4.69, 9.17) is 4.74 Å². The van der Waals surface area contributed by atoms with Gasteiger partial charge in [-0.3, -0.25) is 14.9 Å². The number of carbonyl (C=O) groups is 1. The number of hydrogen-bond donors (Lipinski definition) is 0. The van der Waals surface area contributed by atoms with Crippen molar-refractivity contribution in [3.05, 3.63) is 33.9 Å². The van der Waals surface area contributed by atoms with Crippen molar-refractivity contribution in [1.82, 2.24) is 4.90 Å². The summed E-state index contributed by atoms with van der Waals surface area (Å²) in [6, 6.07) is 4.87. The van der Waals surface area contributed by atoms with E-state index >= 15 is 0 Å². The Bertz CT molecular complexity index is 641. The fraction of sp³-hybridized carbons (Fsp3) is 0.611. The zero-order chi connectivity index (χ0) is 17.8. The number of rotatable bonds is 5. The first-order chi connectivity index (χ1) is 12.1. The molecule has 1 aromatic rings. The van der Waals surface area contributed by atoms with E-state index < -0.39 is 0 Å². The normalized spacial score (nSPS) is 20.8. The van der Waals surface area contributed by atoms with Crippen molar-refractivity contribution in [2.24, 2.45) is 0 Å². The predicted octanol–water partition coefficient (Wildman–Crippen LogP) is 2.84. The van der Waals surface area contributed by atoms with Gasteiger partial charge in [0.25, 0.3) is 11.6 Å².